The maximum atomic E-state index is 14.6. The summed E-state index contributed by atoms with van der Waals surface area (Å²) in [5.41, 5.74) is 2.35. The summed E-state index contributed by atoms with van der Waals surface area (Å²) in [5, 5.41) is 0.357. The summed E-state index contributed by atoms with van der Waals surface area (Å²) >= 11 is 1.02. The van der Waals surface area contributed by atoms with Gasteiger partial charge in [-0.1, -0.05) is 30.3 Å². The van der Waals surface area contributed by atoms with Gasteiger partial charge in [0.15, 0.2) is 5.16 Å². The van der Waals surface area contributed by atoms with Crippen molar-refractivity contribution in [3.05, 3.63) is 88.5 Å². The fourth-order valence-electron chi connectivity index (χ4n) is 3.59. The minimum Gasteiger partial charge on any atom is -0.336 e. The normalized spacial score (nSPS) is 13.8. The third-order valence-electron chi connectivity index (χ3n) is 4.92. The summed E-state index contributed by atoms with van der Waals surface area (Å²) in [6, 6.07) is 16.9. The monoisotopic (exact) mass is 448 g/mol. The molecule has 0 radical (unpaired) electrons. The lowest BCUT2D eigenvalue weighted by molar-refractivity contribution is -0.120. The molecule has 0 saturated carbocycles. The third-order valence-corrected chi connectivity index (χ3v) is 5.86. The molecule has 0 unspecified atom stereocenters. The molecule has 0 bridgehead atoms. The Hall–Kier alpha value is -3.52. The lowest BCUT2D eigenvalue weighted by Gasteiger charge is -2.24. The Morgan fingerprint density at radius 2 is 1.56 bits per heavy atom. The highest BCUT2D eigenvalue weighted by atomic mass is 32.2. The SMILES string of the molecule is CCN(C1=C(Sc2nc(C)cc(C)n2)C(=O)N(c2ccccc2F)C1=O)c1ccccc1. The average molecular weight is 449 g/mol. The number of aromatic nitrogens is 2. The second-order valence-corrected chi connectivity index (χ2v) is 8.17. The highest BCUT2D eigenvalue weighted by Gasteiger charge is 2.43. The molecule has 0 fully saturated rings. The number of imide groups is 1. The van der Waals surface area contributed by atoms with Crippen molar-refractivity contribution in [1.29, 1.82) is 0 Å². The quantitative estimate of drug-likeness (QED) is 0.404. The van der Waals surface area contributed by atoms with Gasteiger partial charge in [0.2, 0.25) is 0 Å². The van der Waals surface area contributed by atoms with Crippen molar-refractivity contribution in [3.8, 4) is 0 Å². The third kappa shape index (κ3) is 4.01. The van der Waals surface area contributed by atoms with Crippen molar-refractivity contribution in [2.75, 3.05) is 16.3 Å². The van der Waals surface area contributed by atoms with Crippen LogP contribution in [0.4, 0.5) is 15.8 Å². The number of aryl methyl sites for hydroxylation is 2. The molecule has 0 saturated heterocycles. The number of nitrogens with zero attached hydrogens (tertiary/aromatic N) is 4. The van der Waals surface area contributed by atoms with Crippen LogP contribution in [0.25, 0.3) is 0 Å². The van der Waals surface area contributed by atoms with Crippen LogP contribution in [0.15, 0.2) is 76.4 Å². The number of carbonyl (C=O) groups is 2. The number of thioether (sulfide) groups is 1. The Labute approximate surface area is 189 Å². The van der Waals surface area contributed by atoms with Gasteiger partial charge in [-0.25, -0.2) is 19.3 Å². The van der Waals surface area contributed by atoms with Gasteiger partial charge in [-0.05, 0) is 62.9 Å². The molecule has 1 aliphatic heterocycles. The fourth-order valence-corrected chi connectivity index (χ4v) is 4.62. The average Bonchev–Trinajstić information content (AvgIpc) is 2.99. The van der Waals surface area contributed by atoms with Crippen LogP contribution in [-0.4, -0.2) is 28.3 Å². The molecular weight excluding hydrogens is 427 g/mol. The van der Waals surface area contributed by atoms with Gasteiger partial charge in [-0.15, -0.1) is 0 Å². The molecule has 1 aliphatic rings. The number of hydrogen-bond acceptors (Lipinski definition) is 6. The zero-order chi connectivity index (χ0) is 22.8. The number of anilines is 2. The summed E-state index contributed by atoms with van der Waals surface area (Å²) in [6.07, 6.45) is 0. The van der Waals surface area contributed by atoms with E-state index in [0.717, 1.165) is 33.7 Å². The molecule has 162 valence electrons. The molecule has 2 heterocycles. The van der Waals surface area contributed by atoms with E-state index < -0.39 is 17.6 Å². The maximum Gasteiger partial charge on any atom is 0.283 e. The highest BCUT2D eigenvalue weighted by Crippen LogP contribution is 2.39. The van der Waals surface area contributed by atoms with Gasteiger partial charge in [0, 0.05) is 23.6 Å². The summed E-state index contributed by atoms with van der Waals surface area (Å²) in [6.45, 7) is 5.99. The van der Waals surface area contributed by atoms with Crippen molar-refractivity contribution >= 4 is 35.0 Å². The molecule has 2 aromatic carbocycles. The number of rotatable bonds is 6. The zero-order valence-corrected chi connectivity index (χ0v) is 18.7. The van der Waals surface area contributed by atoms with Crippen LogP contribution in [0.5, 0.6) is 0 Å². The van der Waals surface area contributed by atoms with Crippen LogP contribution in [0.1, 0.15) is 18.3 Å². The Bertz CT molecular complexity index is 1210. The van der Waals surface area contributed by atoms with Crippen LogP contribution < -0.4 is 9.80 Å². The van der Waals surface area contributed by atoms with Crippen LogP contribution in [0, 0.1) is 19.7 Å². The number of amides is 2. The van der Waals surface area contributed by atoms with Crippen molar-refractivity contribution in [2.45, 2.75) is 25.9 Å². The molecule has 8 heteroatoms. The fraction of sp³-hybridized carbons (Fsp3) is 0.167. The van der Waals surface area contributed by atoms with Crippen LogP contribution >= 0.6 is 11.8 Å². The van der Waals surface area contributed by atoms with Gasteiger partial charge in [0.25, 0.3) is 11.8 Å². The maximum absolute atomic E-state index is 14.6. The smallest absolute Gasteiger partial charge is 0.283 e. The predicted octanol–water partition coefficient (Wildman–Crippen LogP) is 4.64. The van der Waals surface area contributed by atoms with E-state index in [4.69, 9.17) is 0 Å². The summed E-state index contributed by atoms with van der Waals surface area (Å²) in [4.78, 5) is 38.7. The molecule has 0 aliphatic carbocycles. The summed E-state index contributed by atoms with van der Waals surface area (Å²) in [5.74, 6) is -1.83. The predicted molar refractivity (Wildman–Crippen MR) is 123 cm³/mol. The zero-order valence-electron chi connectivity index (χ0n) is 17.9. The molecule has 1 aromatic heterocycles. The first-order chi connectivity index (χ1) is 15.4. The molecule has 6 nitrogen and oxygen atoms in total. The summed E-state index contributed by atoms with van der Waals surface area (Å²) in [7, 11) is 0. The second kappa shape index (κ2) is 8.92. The van der Waals surface area contributed by atoms with E-state index in [1.54, 1.807) is 11.0 Å². The Morgan fingerprint density at radius 1 is 0.938 bits per heavy atom. The Balaban J connectivity index is 1.86. The van der Waals surface area contributed by atoms with Gasteiger partial charge < -0.3 is 4.90 Å². The first-order valence-electron chi connectivity index (χ1n) is 10.1. The van der Waals surface area contributed by atoms with Crippen molar-refractivity contribution in [3.63, 3.8) is 0 Å². The van der Waals surface area contributed by atoms with Crippen LogP contribution in [-0.2, 0) is 9.59 Å². The molecular formula is C24H21FN4O2S. The van der Waals surface area contributed by atoms with Gasteiger partial charge in [-0.3, -0.25) is 9.59 Å². The number of carbonyl (C=O) groups excluding carboxylic acids is 2. The Kier molecular flexibility index (Phi) is 6.05. The lowest BCUT2D eigenvalue weighted by Crippen LogP contribution is -2.35. The number of para-hydroxylation sites is 2. The van der Waals surface area contributed by atoms with Gasteiger partial charge in [-0.2, -0.15) is 0 Å². The Morgan fingerprint density at radius 3 is 2.19 bits per heavy atom. The molecule has 32 heavy (non-hydrogen) atoms. The number of hydrogen-bond donors (Lipinski definition) is 0. The van der Waals surface area contributed by atoms with E-state index in [0.29, 0.717) is 11.7 Å². The minimum atomic E-state index is -0.648. The van der Waals surface area contributed by atoms with E-state index in [9.17, 15) is 14.0 Å². The van der Waals surface area contributed by atoms with Gasteiger partial charge >= 0.3 is 0 Å². The van der Waals surface area contributed by atoms with E-state index >= 15 is 0 Å². The van der Waals surface area contributed by atoms with Crippen LogP contribution in [0.2, 0.25) is 0 Å². The first kappa shape index (κ1) is 21.7. The topological polar surface area (TPSA) is 66.4 Å². The first-order valence-corrected chi connectivity index (χ1v) is 10.9. The van der Waals surface area contributed by atoms with E-state index in [-0.39, 0.29) is 16.3 Å². The number of halogens is 1. The molecule has 3 aromatic rings. The number of likely N-dealkylation sites (N-methyl/N-ethyl adjacent to an activating group) is 1. The largest absolute Gasteiger partial charge is 0.336 e. The highest BCUT2D eigenvalue weighted by molar-refractivity contribution is 8.04. The minimum absolute atomic E-state index is 0.0824. The van der Waals surface area contributed by atoms with Gasteiger partial charge in [0.05, 0.1) is 5.69 Å². The van der Waals surface area contributed by atoms with E-state index in [1.165, 1.54) is 18.2 Å². The molecule has 2 amide bonds. The molecule has 0 atom stereocenters. The standard InChI is InChI=1S/C24H21FN4O2S/c1-4-28(17-10-6-5-7-11-17)20-21(32-24-26-15(2)14-16(3)27-24)23(31)29(22(20)30)19-13-9-8-12-18(19)25/h5-14H,4H2,1-3H3. The lowest BCUT2D eigenvalue weighted by atomic mass is 10.2. The molecule has 0 spiro atoms. The van der Waals surface area contributed by atoms with Crippen molar-refractivity contribution in [2.24, 2.45) is 0 Å². The van der Waals surface area contributed by atoms with E-state index in [1.807, 2.05) is 57.2 Å². The van der Waals surface area contributed by atoms with Crippen molar-refractivity contribution < 1.29 is 14.0 Å². The summed E-state index contributed by atoms with van der Waals surface area (Å²) < 4.78 is 14.6. The number of benzene rings is 2. The van der Waals surface area contributed by atoms with Gasteiger partial charge in [0.1, 0.15) is 16.4 Å². The molecule has 0 N–H and O–H groups in total. The van der Waals surface area contributed by atoms with E-state index in [2.05, 4.69) is 9.97 Å². The van der Waals surface area contributed by atoms with Crippen LogP contribution in [0.3, 0.4) is 0 Å². The second-order valence-electron chi connectivity index (χ2n) is 7.19. The van der Waals surface area contributed by atoms with Crippen molar-refractivity contribution in [1.82, 2.24) is 9.97 Å². The molecule has 4 rings (SSSR count).